The molecule has 0 aliphatic rings. The van der Waals surface area contributed by atoms with E-state index in [1.807, 2.05) is 19.9 Å². The summed E-state index contributed by atoms with van der Waals surface area (Å²) in [7, 11) is 0. The van der Waals surface area contributed by atoms with E-state index in [4.69, 9.17) is 4.42 Å². The largest absolute Gasteiger partial charge is 0.454 e. The third-order valence-electron chi connectivity index (χ3n) is 6.16. The average molecular weight is 520 g/mol. The molecule has 194 valence electrons. The van der Waals surface area contributed by atoms with Crippen molar-refractivity contribution in [2.45, 2.75) is 40.2 Å². The van der Waals surface area contributed by atoms with Gasteiger partial charge < -0.3 is 9.73 Å². The van der Waals surface area contributed by atoms with Crippen LogP contribution in [0.5, 0.6) is 0 Å². The number of aryl methyl sites for hydroxylation is 2. The van der Waals surface area contributed by atoms with Crippen LogP contribution in [-0.2, 0) is 0 Å². The van der Waals surface area contributed by atoms with E-state index in [0.717, 1.165) is 5.56 Å². The second kappa shape index (κ2) is 9.66. The van der Waals surface area contributed by atoms with E-state index >= 15 is 0 Å². The van der Waals surface area contributed by atoms with Gasteiger partial charge in [-0.15, -0.1) is 0 Å². The van der Waals surface area contributed by atoms with Gasteiger partial charge in [-0.25, -0.2) is 23.5 Å². The van der Waals surface area contributed by atoms with Crippen LogP contribution in [0.2, 0.25) is 0 Å². The van der Waals surface area contributed by atoms with E-state index < -0.39 is 23.9 Å². The van der Waals surface area contributed by atoms with Crippen LogP contribution < -0.4 is 16.5 Å². The van der Waals surface area contributed by atoms with Gasteiger partial charge in [0.1, 0.15) is 22.7 Å². The van der Waals surface area contributed by atoms with Crippen molar-refractivity contribution in [3.63, 3.8) is 0 Å². The molecule has 1 aromatic carbocycles. The van der Waals surface area contributed by atoms with Crippen molar-refractivity contribution < 1.29 is 17.7 Å². The number of nitrogens with zero attached hydrogens (tertiary/aromatic N) is 3. The molecule has 11 heteroatoms. The topological polar surface area (TPSA) is 127 Å². The number of nitrogens with one attached hydrogen (secondary N) is 2. The number of alkyl halides is 2. The Bertz CT molecular complexity index is 1790. The molecule has 2 N–H and O–H groups in total. The van der Waals surface area contributed by atoms with Crippen LogP contribution in [0.3, 0.4) is 0 Å². The molecule has 1 atom stereocenters. The summed E-state index contributed by atoms with van der Waals surface area (Å²) in [6, 6.07) is 11.0. The van der Waals surface area contributed by atoms with Gasteiger partial charge in [0.15, 0.2) is 11.2 Å². The van der Waals surface area contributed by atoms with Crippen molar-refractivity contribution in [3.8, 4) is 23.0 Å². The monoisotopic (exact) mass is 519 g/mol. The third-order valence-corrected chi connectivity index (χ3v) is 6.16. The lowest BCUT2D eigenvalue weighted by Gasteiger charge is -2.20. The number of fused-ring (bicyclic) bond motifs is 1. The quantitative estimate of drug-likeness (QED) is 0.296. The lowest BCUT2D eigenvalue weighted by Crippen LogP contribution is -2.13. The highest BCUT2D eigenvalue weighted by atomic mass is 19.3. The van der Waals surface area contributed by atoms with Crippen molar-refractivity contribution in [2.75, 3.05) is 5.32 Å². The molecule has 0 fully saturated rings. The maximum atomic E-state index is 13.4. The van der Waals surface area contributed by atoms with Crippen molar-refractivity contribution in [3.05, 3.63) is 91.3 Å². The van der Waals surface area contributed by atoms with Crippen LogP contribution in [0.15, 0.2) is 61.0 Å². The Morgan fingerprint density at radius 2 is 1.82 bits per heavy atom. The Labute approximate surface area is 214 Å². The maximum Gasteiger partial charge on any atom is 0.439 e. The zero-order chi connectivity index (χ0) is 27.1. The first-order valence-corrected chi connectivity index (χ1v) is 11.8. The Kier molecular flexibility index (Phi) is 6.35. The molecule has 5 aromatic rings. The SMILES string of the molecule is Cc1cc(C(C)Nc2ccc(C)nc2-c2noc(=O)[nH]2)c2oc(-c3cccc(C(F)F)n3)c(C)c(=O)c2c1. The van der Waals surface area contributed by atoms with Gasteiger partial charge in [0.25, 0.3) is 6.43 Å². The molecular weight excluding hydrogens is 496 g/mol. The molecular formula is C27H23F2N5O4. The smallest absolute Gasteiger partial charge is 0.439 e. The van der Waals surface area contributed by atoms with Gasteiger partial charge in [0, 0.05) is 16.8 Å². The van der Waals surface area contributed by atoms with Gasteiger partial charge in [0.2, 0.25) is 5.82 Å². The minimum atomic E-state index is -2.76. The summed E-state index contributed by atoms with van der Waals surface area (Å²) < 4.78 is 37.5. The predicted molar refractivity (Wildman–Crippen MR) is 137 cm³/mol. The van der Waals surface area contributed by atoms with Gasteiger partial charge >= 0.3 is 5.76 Å². The van der Waals surface area contributed by atoms with Crippen molar-refractivity contribution in [1.29, 1.82) is 0 Å². The summed E-state index contributed by atoms with van der Waals surface area (Å²) in [6.45, 7) is 7.13. The standard InChI is InChI=1S/C27H23F2N5O4/c1-12-10-16(15(4)31-18-9-8-13(2)30-21(18)26-33-27(36)38-34-26)24-17(11-12)22(35)14(3)23(37-24)19-6-5-7-20(32-19)25(28)29/h5-11,15,25,31H,1-4H3,(H,33,34,36). The molecule has 5 rings (SSSR count). The summed E-state index contributed by atoms with van der Waals surface area (Å²) in [5.41, 5.74) is 3.17. The lowest BCUT2D eigenvalue weighted by molar-refractivity contribution is 0.146. The number of pyridine rings is 2. The molecule has 0 aliphatic carbocycles. The van der Waals surface area contributed by atoms with Crippen molar-refractivity contribution >= 4 is 16.7 Å². The second-order valence-corrected chi connectivity index (χ2v) is 9.02. The fourth-order valence-electron chi connectivity index (χ4n) is 4.33. The van der Waals surface area contributed by atoms with E-state index in [0.29, 0.717) is 33.6 Å². The van der Waals surface area contributed by atoms with Crippen LogP contribution in [-0.4, -0.2) is 20.1 Å². The minimum absolute atomic E-state index is 0.125. The Morgan fingerprint density at radius 1 is 1.03 bits per heavy atom. The van der Waals surface area contributed by atoms with Crippen LogP contribution >= 0.6 is 0 Å². The second-order valence-electron chi connectivity index (χ2n) is 9.02. The van der Waals surface area contributed by atoms with Gasteiger partial charge in [0.05, 0.1) is 17.1 Å². The number of benzene rings is 1. The number of aromatic nitrogens is 4. The minimum Gasteiger partial charge on any atom is -0.454 e. The zero-order valence-corrected chi connectivity index (χ0v) is 20.9. The third kappa shape index (κ3) is 4.58. The van der Waals surface area contributed by atoms with Gasteiger partial charge in [-0.05, 0) is 63.6 Å². The normalized spacial score (nSPS) is 12.3. The summed E-state index contributed by atoms with van der Waals surface area (Å²) in [4.78, 5) is 35.9. The zero-order valence-electron chi connectivity index (χ0n) is 20.9. The summed E-state index contributed by atoms with van der Waals surface area (Å²) >= 11 is 0. The van der Waals surface area contributed by atoms with Crippen LogP contribution in [0.25, 0.3) is 33.9 Å². The van der Waals surface area contributed by atoms with Gasteiger partial charge in [-0.2, -0.15) is 0 Å². The summed E-state index contributed by atoms with van der Waals surface area (Å²) in [6.07, 6.45) is -2.76. The molecule has 0 amide bonds. The molecule has 0 aliphatic heterocycles. The molecule has 0 bridgehead atoms. The number of anilines is 1. The summed E-state index contributed by atoms with van der Waals surface area (Å²) in [5.74, 6) is -0.418. The number of hydrogen-bond acceptors (Lipinski definition) is 8. The van der Waals surface area contributed by atoms with E-state index in [2.05, 4.69) is 29.9 Å². The van der Waals surface area contributed by atoms with Crippen LogP contribution in [0, 0.1) is 20.8 Å². The van der Waals surface area contributed by atoms with Crippen LogP contribution in [0.1, 0.15) is 47.5 Å². The first kappa shape index (κ1) is 25.0. The highest BCUT2D eigenvalue weighted by molar-refractivity contribution is 5.84. The van der Waals surface area contributed by atoms with E-state index in [9.17, 15) is 18.4 Å². The molecule has 4 heterocycles. The van der Waals surface area contributed by atoms with Crippen molar-refractivity contribution in [1.82, 2.24) is 20.1 Å². The number of hydrogen-bond donors (Lipinski definition) is 2. The summed E-state index contributed by atoms with van der Waals surface area (Å²) in [5, 5.41) is 7.47. The molecule has 38 heavy (non-hydrogen) atoms. The Morgan fingerprint density at radius 3 is 2.53 bits per heavy atom. The highest BCUT2D eigenvalue weighted by Gasteiger charge is 2.22. The number of rotatable bonds is 6. The van der Waals surface area contributed by atoms with E-state index in [1.54, 1.807) is 32.0 Å². The first-order chi connectivity index (χ1) is 18.1. The molecule has 1 unspecified atom stereocenters. The lowest BCUT2D eigenvalue weighted by atomic mass is 9.99. The molecule has 4 aromatic heterocycles. The first-order valence-electron chi connectivity index (χ1n) is 11.8. The molecule has 0 saturated heterocycles. The predicted octanol–water partition coefficient (Wildman–Crippen LogP) is 5.63. The Balaban J connectivity index is 1.65. The maximum absolute atomic E-state index is 13.4. The van der Waals surface area contributed by atoms with Crippen LogP contribution in [0.4, 0.5) is 14.5 Å². The number of H-pyrrole nitrogens is 1. The van der Waals surface area contributed by atoms with Crippen molar-refractivity contribution in [2.24, 2.45) is 0 Å². The molecule has 0 radical (unpaired) electrons. The molecule has 0 spiro atoms. The molecule has 9 nitrogen and oxygen atoms in total. The van der Waals surface area contributed by atoms with E-state index in [-0.39, 0.29) is 28.3 Å². The Hall–Kier alpha value is -4.67. The fourth-order valence-corrected chi connectivity index (χ4v) is 4.33. The van der Waals surface area contributed by atoms with Gasteiger partial charge in [-0.1, -0.05) is 17.3 Å². The average Bonchev–Trinajstić information content (AvgIpc) is 3.33. The highest BCUT2D eigenvalue weighted by Crippen LogP contribution is 2.33. The number of aromatic amines is 1. The fraction of sp³-hybridized carbons (Fsp3) is 0.222. The van der Waals surface area contributed by atoms with E-state index in [1.165, 1.54) is 18.2 Å². The van der Waals surface area contributed by atoms with Gasteiger partial charge in [-0.3, -0.25) is 14.3 Å². The molecule has 0 saturated carbocycles. The number of halogens is 2.